The van der Waals surface area contributed by atoms with Gasteiger partial charge in [-0.1, -0.05) is 40.2 Å². The van der Waals surface area contributed by atoms with E-state index < -0.39 is 6.04 Å². The Morgan fingerprint density at radius 3 is 2.70 bits per heavy atom. The second kappa shape index (κ2) is 5.31. The molecule has 2 nitrogen and oxygen atoms in total. The average molecular weight is 331 g/mol. The smallest absolute Gasteiger partial charge is 0.129 e. The summed E-state index contributed by atoms with van der Waals surface area (Å²) < 4.78 is 14.7. The second-order valence-corrected chi connectivity index (χ2v) is 5.52. The number of nitrogens with zero attached hydrogens (tertiary/aromatic N) is 1. The largest absolute Gasteiger partial charge is 0.320 e. The highest BCUT2D eigenvalue weighted by Crippen LogP contribution is 2.26. The van der Waals surface area contributed by atoms with Crippen LogP contribution >= 0.6 is 15.9 Å². The van der Waals surface area contributed by atoms with Gasteiger partial charge in [0, 0.05) is 21.6 Å². The fourth-order valence-electron chi connectivity index (χ4n) is 2.19. The molecule has 1 heterocycles. The highest BCUT2D eigenvalue weighted by Gasteiger charge is 2.14. The van der Waals surface area contributed by atoms with E-state index in [1.807, 2.05) is 30.3 Å². The standard InChI is InChI=1S/C16H12BrFN2/c17-12-5-6-13(14(18)8-12)16(19)11-7-10-3-1-2-4-15(10)20-9-11/h1-9,16H,19H2. The van der Waals surface area contributed by atoms with Crippen molar-refractivity contribution in [3.63, 3.8) is 0 Å². The van der Waals surface area contributed by atoms with Gasteiger partial charge >= 0.3 is 0 Å². The van der Waals surface area contributed by atoms with Gasteiger partial charge in [0.05, 0.1) is 11.6 Å². The van der Waals surface area contributed by atoms with E-state index in [1.54, 1.807) is 18.3 Å². The Morgan fingerprint density at radius 2 is 1.90 bits per heavy atom. The molecular weight excluding hydrogens is 319 g/mol. The van der Waals surface area contributed by atoms with Crippen LogP contribution in [0.25, 0.3) is 10.9 Å². The molecule has 1 unspecified atom stereocenters. The monoisotopic (exact) mass is 330 g/mol. The molecule has 0 saturated carbocycles. The van der Waals surface area contributed by atoms with Gasteiger partial charge in [-0.05, 0) is 29.8 Å². The maximum atomic E-state index is 14.0. The SMILES string of the molecule is NC(c1cnc2ccccc2c1)c1ccc(Br)cc1F. The van der Waals surface area contributed by atoms with Gasteiger partial charge in [-0.15, -0.1) is 0 Å². The average Bonchev–Trinajstić information content (AvgIpc) is 2.46. The van der Waals surface area contributed by atoms with Gasteiger partial charge in [0.2, 0.25) is 0 Å². The number of halogens is 2. The number of hydrogen-bond acceptors (Lipinski definition) is 2. The van der Waals surface area contributed by atoms with Crippen molar-refractivity contribution in [2.75, 3.05) is 0 Å². The van der Waals surface area contributed by atoms with Crippen molar-refractivity contribution in [1.82, 2.24) is 4.98 Å². The maximum Gasteiger partial charge on any atom is 0.129 e. The van der Waals surface area contributed by atoms with Crippen molar-refractivity contribution >= 4 is 26.8 Å². The first-order valence-corrected chi connectivity index (χ1v) is 6.99. The minimum atomic E-state index is -0.528. The van der Waals surface area contributed by atoms with Gasteiger partial charge in [0.25, 0.3) is 0 Å². The fraction of sp³-hybridized carbons (Fsp3) is 0.0625. The number of para-hydroxylation sites is 1. The Hall–Kier alpha value is -1.78. The molecule has 0 aliphatic rings. The molecule has 1 aromatic heterocycles. The predicted octanol–water partition coefficient (Wildman–Crippen LogP) is 4.18. The van der Waals surface area contributed by atoms with Gasteiger partial charge in [-0.3, -0.25) is 4.98 Å². The molecular formula is C16H12BrFN2. The van der Waals surface area contributed by atoms with Gasteiger partial charge in [-0.2, -0.15) is 0 Å². The van der Waals surface area contributed by atoms with Crippen LogP contribution in [-0.4, -0.2) is 4.98 Å². The van der Waals surface area contributed by atoms with Crippen LogP contribution in [0.2, 0.25) is 0 Å². The number of pyridine rings is 1. The first-order chi connectivity index (χ1) is 9.65. The topological polar surface area (TPSA) is 38.9 Å². The lowest BCUT2D eigenvalue weighted by Crippen LogP contribution is -2.14. The van der Waals surface area contributed by atoms with E-state index in [0.29, 0.717) is 10.0 Å². The van der Waals surface area contributed by atoms with Crippen LogP contribution in [0.15, 0.2) is 59.2 Å². The summed E-state index contributed by atoms with van der Waals surface area (Å²) in [6.45, 7) is 0. The molecule has 2 aromatic carbocycles. The van der Waals surface area contributed by atoms with E-state index in [9.17, 15) is 4.39 Å². The molecule has 3 aromatic rings. The molecule has 20 heavy (non-hydrogen) atoms. The third kappa shape index (κ3) is 2.44. The van der Waals surface area contributed by atoms with Crippen molar-refractivity contribution in [2.24, 2.45) is 5.73 Å². The van der Waals surface area contributed by atoms with E-state index in [0.717, 1.165) is 16.5 Å². The zero-order chi connectivity index (χ0) is 14.1. The highest BCUT2D eigenvalue weighted by atomic mass is 79.9. The number of rotatable bonds is 2. The van der Waals surface area contributed by atoms with Crippen LogP contribution in [-0.2, 0) is 0 Å². The molecule has 0 bridgehead atoms. The van der Waals surface area contributed by atoms with E-state index in [-0.39, 0.29) is 5.82 Å². The molecule has 1 atom stereocenters. The number of fused-ring (bicyclic) bond motifs is 1. The van der Waals surface area contributed by atoms with Crippen LogP contribution < -0.4 is 5.73 Å². The van der Waals surface area contributed by atoms with E-state index in [1.165, 1.54) is 6.07 Å². The molecule has 0 fully saturated rings. The third-order valence-electron chi connectivity index (χ3n) is 3.27. The quantitative estimate of drug-likeness (QED) is 0.765. The summed E-state index contributed by atoms with van der Waals surface area (Å²) in [6, 6.07) is 14.1. The van der Waals surface area contributed by atoms with Gasteiger partial charge < -0.3 is 5.73 Å². The Labute approximate surface area is 124 Å². The molecule has 3 rings (SSSR count). The number of hydrogen-bond donors (Lipinski definition) is 1. The molecule has 0 saturated heterocycles. The summed E-state index contributed by atoms with van der Waals surface area (Å²) in [7, 11) is 0. The first kappa shape index (κ1) is 13.2. The molecule has 0 aliphatic heterocycles. The number of nitrogens with two attached hydrogens (primary N) is 1. The Balaban J connectivity index is 2.05. The molecule has 100 valence electrons. The summed E-state index contributed by atoms with van der Waals surface area (Å²) in [5.74, 6) is -0.319. The minimum Gasteiger partial charge on any atom is -0.320 e. The predicted molar refractivity (Wildman–Crippen MR) is 81.9 cm³/mol. The van der Waals surface area contributed by atoms with Gasteiger partial charge in [0.1, 0.15) is 5.82 Å². The van der Waals surface area contributed by atoms with E-state index >= 15 is 0 Å². The lowest BCUT2D eigenvalue weighted by molar-refractivity contribution is 0.598. The molecule has 0 spiro atoms. The lowest BCUT2D eigenvalue weighted by atomic mass is 9.99. The molecule has 4 heteroatoms. The zero-order valence-corrected chi connectivity index (χ0v) is 12.1. The van der Waals surface area contributed by atoms with Gasteiger partial charge in [0.15, 0.2) is 0 Å². The molecule has 0 amide bonds. The Kier molecular flexibility index (Phi) is 3.51. The van der Waals surface area contributed by atoms with Crippen molar-refractivity contribution in [1.29, 1.82) is 0 Å². The van der Waals surface area contributed by atoms with Crippen LogP contribution in [0.4, 0.5) is 4.39 Å². The summed E-state index contributed by atoms with van der Waals surface area (Å²) in [4.78, 5) is 4.36. The fourth-order valence-corrected chi connectivity index (χ4v) is 2.52. The second-order valence-electron chi connectivity index (χ2n) is 4.60. The van der Waals surface area contributed by atoms with Crippen molar-refractivity contribution in [2.45, 2.75) is 6.04 Å². The van der Waals surface area contributed by atoms with E-state index in [4.69, 9.17) is 5.73 Å². The minimum absolute atomic E-state index is 0.319. The van der Waals surface area contributed by atoms with Crippen LogP contribution in [0.5, 0.6) is 0 Å². The zero-order valence-electron chi connectivity index (χ0n) is 10.6. The first-order valence-electron chi connectivity index (χ1n) is 6.20. The molecule has 0 radical (unpaired) electrons. The lowest BCUT2D eigenvalue weighted by Gasteiger charge is -2.14. The van der Waals surface area contributed by atoms with Crippen LogP contribution in [0.3, 0.4) is 0 Å². The van der Waals surface area contributed by atoms with Crippen LogP contribution in [0.1, 0.15) is 17.2 Å². The number of aromatic nitrogens is 1. The summed E-state index contributed by atoms with van der Waals surface area (Å²) >= 11 is 3.24. The normalized spacial score (nSPS) is 12.6. The molecule has 2 N–H and O–H groups in total. The number of benzene rings is 2. The Morgan fingerprint density at radius 1 is 1.10 bits per heavy atom. The van der Waals surface area contributed by atoms with Gasteiger partial charge in [-0.25, -0.2) is 4.39 Å². The molecule has 0 aliphatic carbocycles. The highest BCUT2D eigenvalue weighted by molar-refractivity contribution is 9.10. The Bertz CT molecular complexity index is 773. The van der Waals surface area contributed by atoms with Crippen molar-refractivity contribution < 1.29 is 4.39 Å². The summed E-state index contributed by atoms with van der Waals surface area (Å²) in [6.07, 6.45) is 1.70. The van der Waals surface area contributed by atoms with Crippen molar-refractivity contribution in [3.8, 4) is 0 Å². The van der Waals surface area contributed by atoms with Crippen molar-refractivity contribution in [3.05, 3.63) is 76.1 Å². The van der Waals surface area contributed by atoms with E-state index in [2.05, 4.69) is 20.9 Å². The maximum absolute atomic E-state index is 14.0. The summed E-state index contributed by atoms with van der Waals surface area (Å²) in [5, 5.41) is 0.998. The van der Waals surface area contributed by atoms with Crippen LogP contribution in [0, 0.1) is 5.82 Å². The summed E-state index contributed by atoms with van der Waals surface area (Å²) in [5.41, 5.74) is 8.32. The third-order valence-corrected chi connectivity index (χ3v) is 3.76.